The molecule has 0 aliphatic carbocycles. The Labute approximate surface area is 175 Å². The number of sulfonamides is 1. The monoisotopic (exact) mass is 425 g/mol. The van der Waals surface area contributed by atoms with Crippen LogP contribution in [0.15, 0.2) is 36.4 Å². The molecule has 0 atom stereocenters. The summed E-state index contributed by atoms with van der Waals surface area (Å²) in [4.78, 5) is 12.0. The summed E-state index contributed by atoms with van der Waals surface area (Å²) in [5.74, 6) is -0.455. The fourth-order valence-electron chi connectivity index (χ4n) is 3.50. The lowest BCUT2D eigenvalue weighted by Crippen LogP contribution is -2.15. The summed E-state index contributed by atoms with van der Waals surface area (Å²) in [5, 5.41) is 10.6. The summed E-state index contributed by atoms with van der Waals surface area (Å²) in [7, 11) is -2.06. The third-order valence-electron chi connectivity index (χ3n) is 5.06. The maximum atomic E-state index is 12.0. The van der Waals surface area contributed by atoms with Crippen molar-refractivity contribution in [2.45, 2.75) is 27.3 Å². The molecule has 1 aromatic heterocycles. The molecule has 3 aromatic rings. The first-order valence-electron chi connectivity index (χ1n) is 9.52. The number of carbonyl (C=O) groups is 1. The largest absolute Gasteiger partial charge is 0.465 e. The van der Waals surface area contributed by atoms with Crippen LogP contribution in [0.3, 0.4) is 0 Å². The van der Waals surface area contributed by atoms with E-state index in [-0.39, 0.29) is 5.75 Å². The number of ether oxygens (including phenoxy) is 1. The van der Waals surface area contributed by atoms with Gasteiger partial charge in [0.25, 0.3) is 0 Å². The fraction of sp³-hybridized carbons (Fsp3) is 0.273. The summed E-state index contributed by atoms with van der Waals surface area (Å²) in [6.07, 6.45) is 0. The van der Waals surface area contributed by atoms with Crippen molar-refractivity contribution in [2.24, 2.45) is 0 Å². The van der Waals surface area contributed by atoms with Gasteiger partial charge in [0.05, 0.1) is 40.9 Å². The van der Waals surface area contributed by atoms with Gasteiger partial charge in [0.15, 0.2) is 0 Å². The van der Waals surface area contributed by atoms with Gasteiger partial charge in [0.1, 0.15) is 6.07 Å². The van der Waals surface area contributed by atoms with Gasteiger partial charge in [-0.25, -0.2) is 13.2 Å². The van der Waals surface area contributed by atoms with Crippen LogP contribution in [0.2, 0.25) is 0 Å². The number of hydrogen-bond acceptors (Lipinski definition) is 5. The Morgan fingerprint density at radius 2 is 1.93 bits per heavy atom. The first-order valence-corrected chi connectivity index (χ1v) is 11.2. The average Bonchev–Trinajstić information content (AvgIpc) is 3.07. The van der Waals surface area contributed by atoms with Gasteiger partial charge in [0, 0.05) is 11.9 Å². The Morgan fingerprint density at radius 3 is 2.50 bits per heavy atom. The summed E-state index contributed by atoms with van der Waals surface area (Å²) < 4.78 is 33.2. The predicted octanol–water partition coefficient (Wildman–Crippen LogP) is 4.06. The second-order valence-corrected chi connectivity index (χ2v) is 8.85. The molecule has 1 N–H and O–H groups in total. The normalized spacial score (nSPS) is 11.3. The number of rotatable bonds is 6. The third kappa shape index (κ3) is 3.76. The number of anilines is 1. The van der Waals surface area contributed by atoms with E-state index in [9.17, 15) is 18.5 Å². The molecule has 8 heteroatoms. The van der Waals surface area contributed by atoms with Crippen molar-refractivity contribution in [3.63, 3.8) is 0 Å². The van der Waals surface area contributed by atoms with Crippen molar-refractivity contribution in [1.29, 1.82) is 5.26 Å². The maximum absolute atomic E-state index is 12.0. The molecule has 2 aromatic carbocycles. The Balaban J connectivity index is 2.21. The van der Waals surface area contributed by atoms with Crippen LogP contribution in [-0.4, -0.2) is 31.8 Å². The lowest BCUT2D eigenvalue weighted by Gasteiger charge is -2.13. The van der Waals surface area contributed by atoms with Crippen LogP contribution < -0.4 is 4.72 Å². The van der Waals surface area contributed by atoms with Gasteiger partial charge >= 0.3 is 5.97 Å². The van der Waals surface area contributed by atoms with Gasteiger partial charge in [-0.05, 0) is 56.2 Å². The average molecular weight is 426 g/mol. The molecule has 0 saturated heterocycles. The second kappa shape index (κ2) is 8.20. The quantitative estimate of drug-likeness (QED) is 0.600. The highest BCUT2D eigenvalue weighted by molar-refractivity contribution is 7.92. The molecule has 0 saturated carbocycles. The van der Waals surface area contributed by atoms with Gasteiger partial charge in [-0.1, -0.05) is 12.1 Å². The molecule has 0 fully saturated rings. The Kier molecular flexibility index (Phi) is 5.85. The molecule has 0 unspecified atom stereocenters. The number of methoxy groups -OCH3 is 1. The molecule has 30 heavy (non-hydrogen) atoms. The van der Waals surface area contributed by atoms with Gasteiger partial charge in [-0.15, -0.1) is 0 Å². The van der Waals surface area contributed by atoms with E-state index in [0.29, 0.717) is 23.4 Å². The molecule has 0 amide bonds. The van der Waals surface area contributed by atoms with E-state index >= 15 is 0 Å². The number of nitrogens with one attached hydrogen (secondary N) is 1. The van der Waals surface area contributed by atoms with Crippen molar-refractivity contribution < 1.29 is 17.9 Å². The highest BCUT2D eigenvalue weighted by Crippen LogP contribution is 2.35. The van der Waals surface area contributed by atoms with Gasteiger partial charge in [0.2, 0.25) is 10.0 Å². The van der Waals surface area contributed by atoms with Gasteiger partial charge in [-0.3, -0.25) is 4.72 Å². The minimum Gasteiger partial charge on any atom is -0.465 e. The van der Waals surface area contributed by atoms with E-state index in [2.05, 4.69) is 10.8 Å². The van der Waals surface area contributed by atoms with Crippen LogP contribution >= 0.6 is 0 Å². The number of nitrogens with zero attached hydrogens (tertiary/aromatic N) is 2. The second-order valence-electron chi connectivity index (χ2n) is 6.84. The number of hydrogen-bond donors (Lipinski definition) is 1. The lowest BCUT2D eigenvalue weighted by atomic mass is 10.0. The smallest absolute Gasteiger partial charge is 0.337 e. The number of carbonyl (C=O) groups excluding carboxylic acids is 1. The minimum absolute atomic E-state index is 0.0145. The first-order chi connectivity index (χ1) is 14.3. The molecule has 3 rings (SSSR count). The van der Waals surface area contributed by atoms with Gasteiger partial charge in [-0.2, -0.15) is 5.26 Å². The Bertz CT molecular complexity index is 1280. The van der Waals surface area contributed by atoms with E-state index in [1.54, 1.807) is 37.3 Å². The number of esters is 1. The molecular formula is C22H23N3O4S. The van der Waals surface area contributed by atoms with Crippen LogP contribution in [-0.2, 0) is 21.3 Å². The predicted molar refractivity (Wildman–Crippen MR) is 117 cm³/mol. The molecule has 1 heterocycles. The Morgan fingerprint density at radius 1 is 1.20 bits per heavy atom. The summed E-state index contributed by atoms with van der Waals surface area (Å²) in [6.45, 7) is 5.94. The summed E-state index contributed by atoms with van der Waals surface area (Å²) in [5.41, 5.74) is 4.45. The highest BCUT2D eigenvalue weighted by atomic mass is 32.2. The molecular weight excluding hydrogens is 402 g/mol. The zero-order valence-electron chi connectivity index (χ0n) is 17.3. The van der Waals surface area contributed by atoms with Crippen LogP contribution in [0.4, 0.5) is 5.69 Å². The molecule has 7 nitrogen and oxygen atoms in total. The highest BCUT2D eigenvalue weighted by Gasteiger charge is 2.20. The number of benzene rings is 2. The van der Waals surface area contributed by atoms with Crippen LogP contribution in [0.25, 0.3) is 22.2 Å². The minimum atomic E-state index is -3.39. The number of aromatic nitrogens is 1. The SMILES string of the molecule is CCn1c(-c2ccc(NS(=O)(=O)CC)c(C)c2)c(C#N)c2ccc(C(=O)OC)cc21. The van der Waals surface area contributed by atoms with Gasteiger partial charge < -0.3 is 9.30 Å². The molecule has 0 aliphatic rings. The zero-order chi connectivity index (χ0) is 22.1. The molecule has 0 spiro atoms. The van der Waals surface area contributed by atoms with Crippen molar-refractivity contribution in [1.82, 2.24) is 4.57 Å². The zero-order valence-corrected chi connectivity index (χ0v) is 18.1. The standard InChI is InChI=1S/C22H23N3O4S/c1-5-25-20-12-16(22(26)29-4)7-9-17(20)18(13-23)21(25)15-8-10-19(14(3)11-15)24-30(27,28)6-2/h7-12,24H,5-6H2,1-4H3. The van der Waals surface area contributed by atoms with Crippen LogP contribution in [0, 0.1) is 18.3 Å². The lowest BCUT2D eigenvalue weighted by molar-refractivity contribution is 0.0601. The molecule has 0 radical (unpaired) electrons. The number of nitriles is 1. The third-order valence-corrected chi connectivity index (χ3v) is 6.35. The molecule has 0 aliphatic heterocycles. The van der Waals surface area contributed by atoms with Crippen LogP contribution in [0.5, 0.6) is 0 Å². The van der Waals surface area contributed by atoms with Crippen molar-refractivity contribution in [3.05, 3.63) is 53.1 Å². The number of aryl methyl sites for hydroxylation is 2. The topological polar surface area (TPSA) is 101 Å². The van der Waals surface area contributed by atoms with E-state index in [4.69, 9.17) is 4.74 Å². The van der Waals surface area contributed by atoms with Crippen molar-refractivity contribution >= 4 is 32.6 Å². The van der Waals surface area contributed by atoms with Crippen LogP contribution in [0.1, 0.15) is 35.3 Å². The summed E-state index contributed by atoms with van der Waals surface area (Å²) >= 11 is 0. The van der Waals surface area contributed by atoms with Crippen molar-refractivity contribution in [3.8, 4) is 17.3 Å². The van der Waals surface area contributed by atoms with E-state index in [1.807, 2.05) is 24.5 Å². The van der Waals surface area contributed by atoms with E-state index < -0.39 is 16.0 Å². The Hall–Kier alpha value is -3.31. The van der Waals surface area contributed by atoms with Crippen molar-refractivity contribution in [2.75, 3.05) is 17.6 Å². The maximum Gasteiger partial charge on any atom is 0.337 e. The first kappa shape index (κ1) is 21.4. The number of fused-ring (bicyclic) bond motifs is 1. The van der Waals surface area contributed by atoms with E-state index in [1.165, 1.54) is 7.11 Å². The molecule has 156 valence electrons. The molecule has 0 bridgehead atoms. The fourth-order valence-corrected chi connectivity index (χ4v) is 4.21. The van der Waals surface area contributed by atoms with E-state index in [0.717, 1.165) is 27.7 Å². The summed E-state index contributed by atoms with van der Waals surface area (Å²) in [6, 6.07) is 12.8.